The molecule has 0 spiro atoms. The SMILES string of the molecule is CC(C)Sc1cccc(SC(C)C)c1O. The van der Waals surface area contributed by atoms with E-state index < -0.39 is 0 Å². The summed E-state index contributed by atoms with van der Waals surface area (Å²) in [7, 11) is 0. The Hall–Kier alpha value is -0.280. The third-order valence-corrected chi connectivity index (χ3v) is 3.80. The Morgan fingerprint density at radius 1 is 0.933 bits per heavy atom. The molecule has 0 saturated carbocycles. The first kappa shape index (κ1) is 12.8. The zero-order valence-electron chi connectivity index (χ0n) is 9.65. The van der Waals surface area contributed by atoms with Crippen LogP contribution in [0.1, 0.15) is 27.7 Å². The normalized spacial score (nSPS) is 11.3. The van der Waals surface area contributed by atoms with E-state index in [4.69, 9.17) is 0 Å². The fourth-order valence-corrected chi connectivity index (χ4v) is 3.04. The molecule has 0 radical (unpaired) electrons. The molecule has 0 fully saturated rings. The number of hydrogen-bond donors (Lipinski definition) is 1. The van der Waals surface area contributed by atoms with Crippen LogP contribution >= 0.6 is 23.5 Å². The third kappa shape index (κ3) is 3.99. The van der Waals surface area contributed by atoms with E-state index in [9.17, 15) is 5.11 Å². The van der Waals surface area contributed by atoms with Crippen molar-refractivity contribution in [2.45, 2.75) is 48.0 Å². The van der Waals surface area contributed by atoms with Crippen molar-refractivity contribution in [3.05, 3.63) is 18.2 Å². The third-order valence-electron chi connectivity index (χ3n) is 1.69. The highest BCUT2D eigenvalue weighted by atomic mass is 32.2. The summed E-state index contributed by atoms with van der Waals surface area (Å²) < 4.78 is 0. The number of thioether (sulfide) groups is 2. The van der Waals surface area contributed by atoms with E-state index in [1.165, 1.54) is 0 Å². The lowest BCUT2D eigenvalue weighted by Crippen LogP contribution is -1.90. The van der Waals surface area contributed by atoms with E-state index in [0.717, 1.165) is 9.79 Å². The van der Waals surface area contributed by atoms with Crippen molar-refractivity contribution in [2.75, 3.05) is 0 Å². The monoisotopic (exact) mass is 242 g/mol. The molecule has 1 rings (SSSR count). The molecule has 1 aromatic rings. The molecule has 0 bridgehead atoms. The van der Waals surface area contributed by atoms with E-state index in [0.29, 0.717) is 16.2 Å². The Morgan fingerprint density at radius 3 is 1.67 bits per heavy atom. The summed E-state index contributed by atoms with van der Waals surface area (Å²) >= 11 is 3.41. The van der Waals surface area contributed by atoms with Crippen LogP contribution < -0.4 is 0 Å². The van der Waals surface area contributed by atoms with Gasteiger partial charge in [0.2, 0.25) is 0 Å². The van der Waals surface area contributed by atoms with Gasteiger partial charge in [-0.3, -0.25) is 0 Å². The van der Waals surface area contributed by atoms with Crippen LogP contribution in [0.4, 0.5) is 0 Å². The number of phenols is 1. The summed E-state index contributed by atoms with van der Waals surface area (Å²) in [6, 6.07) is 5.96. The van der Waals surface area contributed by atoms with Crippen LogP contribution in [-0.4, -0.2) is 15.6 Å². The van der Waals surface area contributed by atoms with Crippen LogP contribution in [0.2, 0.25) is 0 Å². The highest BCUT2D eigenvalue weighted by molar-refractivity contribution is 8.00. The second-order valence-electron chi connectivity index (χ2n) is 3.94. The summed E-state index contributed by atoms with van der Waals surface area (Å²) in [5.41, 5.74) is 0. The first-order valence-electron chi connectivity index (χ1n) is 5.16. The predicted molar refractivity (Wildman–Crippen MR) is 70.1 cm³/mol. The van der Waals surface area contributed by atoms with Gasteiger partial charge in [0.05, 0.1) is 9.79 Å². The van der Waals surface area contributed by atoms with Gasteiger partial charge >= 0.3 is 0 Å². The Kier molecular flexibility index (Phi) is 4.87. The Labute approximate surface area is 101 Å². The largest absolute Gasteiger partial charge is 0.506 e. The second kappa shape index (κ2) is 5.71. The van der Waals surface area contributed by atoms with Crippen molar-refractivity contribution in [3.63, 3.8) is 0 Å². The predicted octanol–water partition coefficient (Wildman–Crippen LogP) is 4.39. The molecule has 84 valence electrons. The zero-order valence-corrected chi connectivity index (χ0v) is 11.3. The fraction of sp³-hybridized carbons (Fsp3) is 0.500. The van der Waals surface area contributed by atoms with Gasteiger partial charge in [-0.15, -0.1) is 23.5 Å². The van der Waals surface area contributed by atoms with Gasteiger partial charge in [-0.05, 0) is 12.1 Å². The van der Waals surface area contributed by atoms with Gasteiger partial charge in [0.25, 0.3) is 0 Å². The standard InChI is InChI=1S/C12H18OS2/c1-8(2)14-10-6-5-7-11(12(10)13)15-9(3)4/h5-9,13H,1-4H3. The van der Waals surface area contributed by atoms with Crippen LogP contribution in [0.15, 0.2) is 28.0 Å². The van der Waals surface area contributed by atoms with Crippen molar-refractivity contribution in [2.24, 2.45) is 0 Å². The lowest BCUT2D eigenvalue weighted by Gasteiger charge is -2.12. The fourth-order valence-electron chi connectivity index (χ4n) is 1.20. The molecular weight excluding hydrogens is 224 g/mol. The Balaban J connectivity index is 2.90. The van der Waals surface area contributed by atoms with Crippen LogP contribution in [0.3, 0.4) is 0 Å². The van der Waals surface area contributed by atoms with E-state index in [1.807, 2.05) is 18.2 Å². The molecule has 0 amide bonds. The molecule has 1 N–H and O–H groups in total. The van der Waals surface area contributed by atoms with Crippen LogP contribution in [0.25, 0.3) is 0 Å². The maximum Gasteiger partial charge on any atom is 0.142 e. The van der Waals surface area contributed by atoms with E-state index in [2.05, 4.69) is 27.7 Å². The van der Waals surface area contributed by atoms with Gasteiger partial charge < -0.3 is 5.11 Å². The molecule has 1 aromatic carbocycles. The number of hydrogen-bond acceptors (Lipinski definition) is 3. The first-order valence-corrected chi connectivity index (χ1v) is 6.92. The maximum absolute atomic E-state index is 10.0. The summed E-state index contributed by atoms with van der Waals surface area (Å²) in [4.78, 5) is 1.96. The van der Waals surface area contributed by atoms with E-state index >= 15 is 0 Å². The van der Waals surface area contributed by atoms with Gasteiger partial charge in [0, 0.05) is 10.5 Å². The number of benzene rings is 1. The summed E-state index contributed by atoms with van der Waals surface area (Å²) in [5, 5.41) is 11.0. The molecule has 0 unspecified atom stereocenters. The van der Waals surface area contributed by atoms with Crippen LogP contribution in [0, 0.1) is 0 Å². The zero-order chi connectivity index (χ0) is 11.4. The van der Waals surface area contributed by atoms with Crippen molar-refractivity contribution in [1.82, 2.24) is 0 Å². The van der Waals surface area contributed by atoms with Gasteiger partial charge in [0.1, 0.15) is 5.75 Å². The molecule has 0 aliphatic carbocycles. The highest BCUT2D eigenvalue weighted by Crippen LogP contribution is 2.39. The van der Waals surface area contributed by atoms with Gasteiger partial charge in [-0.1, -0.05) is 33.8 Å². The molecule has 1 nitrogen and oxygen atoms in total. The summed E-state index contributed by atoms with van der Waals surface area (Å²) in [6.07, 6.45) is 0. The molecule has 3 heteroatoms. The van der Waals surface area contributed by atoms with Crippen molar-refractivity contribution < 1.29 is 5.11 Å². The van der Waals surface area contributed by atoms with Crippen LogP contribution in [0.5, 0.6) is 5.75 Å². The summed E-state index contributed by atoms with van der Waals surface area (Å²) in [6.45, 7) is 8.53. The number of rotatable bonds is 4. The minimum Gasteiger partial charge on any atom is -0.506 e. The van der Waals surface area contributed by atoms with Gasteiger partial charge in [-0.2, -0.15) is 0 Å². The molecule has 15 heavy (non-hydrogen) atoms. The minimum absolute atomic E-state index is 0.440. The summed E-state index contributed by atoms with van der Waals surface area (Å²) in [5.74, 6) is 0.440. The average Bonchev–Trinajstić information content (AvgIpc) is 2.10. The lowest BCUT2D eigenvalue weighted by atomic mass is 10.3. The lowest BCUT2D eigenvalue weighted by molar-refractivity contribution is 0.449. The van der Waals surface area contributed by atoms with Crippen LogP contribution in [-0.2, 0) is 0 Å². The smallest absolute Gasteiger partial charge is 0.142 e. The molecular formula is C12H18OS2. The van der Waals surface area contributed by atoms with Gasteiger partial charge in [0.15, 0.2) is 0 Å². The maximum atomic E-state index is 10.0. The van der Waals surface area contributed by atoms with Gasteiger partial charge in [-0.25, -0.2) is 0 Å². The molecule has 0 heterocycles. The molecule has 0 saturated heterocycles. The highest BCUT2D eigenvalue weighted by Gasteiger charge is 2.10. The molecule has 0 aliphatic rings. The van der Waals surface area contributed by atoms with E-state index in [1.54, 1.807) is 23.5 Å². The number of para-hydroxylation sites is 1. The van der Waals surface area contributed by atoms with Crippen molar-refractivity contribution in [1.29, 1.82) is 0 Å². The van der Waals surface area contributed by atoms with Crippen molar-refractivity contribution in [3.8, 4) is 5.75 Å². The second-order valence-corrected chi connectivity index (χ2v) is 7.17. The number of phenolic OH excluding ortho intramolecular Hbond substituents is 1. The first-order chi connectivity index (χ1) is 7.00. The molecule has 0 aliphatic heterocycles. The minimum atomic E-state index is 0.440. The Bertz CT molecular complexity index is 293. The molecule has 0 atom stereocenters. The quantitative estimate of drug-likeness (QED) is 0.791. The average molecular weight is 242 g/mol. The molecule has 0 aromatic heterocycles. The van der Waals surface area contributed by atoms with E-state index in [-0.39, 0.29) is 0 Å². The van der Waals surface area contributed by atoms with Crippen molar-refractivity contribution >= 4 is 23.5 Å². The Morgan fingerprint density at radius 2 is 1.33 bits per heavy atom. The number of aromatic hydroxyl groups is 1. The topological polar surface area (TPSA) is 20.2 Å².